The van der Waals surface area contributed by atoms with Crippen molar-refractivity contribution in [2.24, 2.45) is 7.05 Å². The van der Waals surface area contributed by atoms with E-state index in [4.69, 9.17) is 9.16 Å². The summed E-state index contributed by atoms with van der Waals surface area (Å²) in [4.78, 5) is 12.4. The molecule has 1 atom stereocenters. The minimum absolute atomic E-state index is 0.0406. The van der Waals surface area contributed by atoms with E-state index in [1.54, 1.807) is 30.1 Å². The number of carbonyl (C=O) groups is 1. The fourth-order valence-electron chi connectivity index (χ4n) is 2.26. The van der Waals surface area contributed by atoms with Crippen molar-refractivity contribution in [1.82, 2.24) is 9.78 Å². The Morgan fingerprint density at radius 2 is 2.00 bits per heavy atom. The fraction of sp³-hybridized carbons (Fsp3) is 0.500. The summed E-state index contributed by atoms with van der Waals surface area (Å²) in [6.45, 7) is 13.3. The smallest absolute Gasteiger partial charge is 0.257 e. The molecule has 1 unspecified atom stereocenters. The summed E-state index contributed by atoms with van der Waals surface area (Å²) in [5, 5.41) is 16.9. The van der Waals surface area contributed by atoms with Gasteiger partial charge in [-0.15, -0.1) is 0 Å². The summed E-state index contributed by atoms with van der Waals surface area (Å²) < 4.78 is 13.7. The van der Waals surface area contributed by atoms with Crippen LogP contribution in [0.1, 0.15) is 38.1 Å². The van der Waals surface area contributed by atoms with Crippen molar-refractivity contribution in [1.29, 1.82) is 0 Å². The van der Waals surface area contributed by atoms with Gasteiger partial charge in [0.05, 0.1) is 6.61 Å². The maximum absolute atomic E-state index is 12.4. The predicted molar refractivity (Wildman–Crippen MR) is 113 cm³/mol. The third-order valence-electron chi connectivity index (χ3n) is 4.93. The lowest BCUT2D eigenvalue weighted by molar-refractivity contribution is 0.102. The van der Waals surface area contributed by atoms with Gasteiger partial charge in [-0.3, -0.25) is 9.48 Å². The largest absolute Gasteiger partial charge is 0.508 e. The maximum atomic E-state index is 12.4. The molecule has 1 heterocycles. The minimum atomic E-state index is -1.87. The number of amides is 1. The van der Waals surface area contributed by atoms with E-state index < -0.39 is 8.32 Å². The molecule has 1 amide bonds. The Morgan fingerprint density at radius 3 is 2.57 bits per heavy atom. The van der Waals surface area contributed by atoms with Gasteiger partial charge >= 0.3 is 0 Å². The zero-order chi connectivity index (χ0) is 21.1. The molecule has 2 N–H and O–H groups in total. The summed E-state index contributed by atoms with van der Waals surface area (Å²) in [5.41, 5.74) is 0.290. The van der Waals surface area contributed by atoms with E-state index in [9.17, 15) is 9.90 Å². The van der Waals surface area contributed by atoms with Crippen molar-refractivity contribution in [3.8, 4) is 11.5 Å². The SMILES string of the molecule is CC(CO[Si](C)(C)C(C)(C)C)Oc1cc(O)cc(C(=O)Nc2ccn(C)n2)c1. The minimum Gasteiger partial charge on any atom is -0.508 e. The van der Waals surface area contributed by atoms with Gasteiger partial charge in [0.1, 0.15) is 17.6 Å². The van der Waals surface area contributed by atoms with Crippen molar-refractivity contribution in [3.63, 3.8) is 0 Å². The van der Waals surface area contributed by atoms with Crippen molar-refractivity contribution in [2.75, 3.05) is 11.9 Å². The number of ether oxygens (including phenoxy) is 1. The van der Waals surface area contributed by atoms with Gasteiger partial charge in [-0.2, -0.15) is 5.10 Å². The van der Waals surface area contributed by atoms with Crippen LogP contribution in [-0.2, 0) is 11.5 Å². The number of aromatic nitrogens is 2. The molecule has 0 saturated carbocycles. The topological polar surface area (TPSA) is 85.6 Å². The number of hydrogen-bond donors (Lipinski definition) is 2. The molecule has 8 heteroatoms. The summed E-state index contributed by atoms with van der Waals surface area (Å²) in [5.74, 6) is 0.442. The van der Waals surface area contributed by atoms with Crippen LogP contribution in [0.4, 0.5) is 5.82 Å². The Balaban J connectivity index is 2.03. The van der Waals surface area contributed by atoms with Gasteiger partial charge < -0.3 is 19.6 Å². The number of nitrogens with one attached hydrogen (secondary N) is 1. The van der Waals surface area contributed by atoms with E-state index in [1.807, 2.05) is 6.92 Å². The first-order valence-electron chi connectivity index (χ1n) is 9.33. The molecule has 1 aromatic heterocycles. The van der Waals surface area contributed by atoms with Gasteiger partial charge in [0.2, 0.25) is 0 Å². The van der Waals surface area contributed by atoms with Crippen LogP contribution in [0.2, 0.25) is 18.1 Å². The summed E-state index contributed by atoms with van der Waals surface area (Å²) in [6, 6.07) is 6.17. The van der Waals surface area contributed by atoms with Crippen molar-refractivity contribution >= 4 is 20.0 Å². The molecule has 0 radical (unpaired) electrons. The summed E-state index contributed by atoms with van der Waals surface area (Å²) >= 11 is 0. The lowest BCUT2D eigenvalue weighted by atomic mass is 10.2. The van der Waals surface area contributed by atoms with Gasteiger partial charge in [0, 0.05) is 30.9 Å². The zero-order valence-corrected chi connectivity index (χ0v) is 18.7. The second-order valence-electron chi connectivity index (χ2n) is 8.54. The first-order chi connectivity index (χ1) is 12.9. The molecular formula is C20H31N3O4Si. The van der Waals surface area contributed by atoms with Crippen LogP contribution < -0.4 is 10.1 Å². The van der Waals surface area contributed by atoms with Crippen molar-refractivity contribution in [3.05, 3.63) is 36.0 Å². The highest BCUT2D eigenvalue weighted by Crippen LogP contribution is 2.36. The molecule has 0 spiro atoms. The normalized spacial score (nSPS) is 13.2. The maximum Gasteiger partial charge on any atom is 0.257 e. The van der Waals surface area contributed by atoms with Gasteiger partial charge in [-0.25, -0.2) is 0 Å². The van der Waals surface area contributed by atoms with Gasteiger partial charge in [0.25, 0.3) is 5.91 Å². The summed E-state index contributed by atoms with van der Waals surface area (Å²) in [7, 11) is -0.101. The molecule has 0 fully saturated rings. The predicted octanol–water partition coefficient (Wildman–Crippen LogP) is 4.17. The number of aryl methyl sites for hydroxylation is 1. The lowest BCUT2D eigenvalue weighted by Crippen LogP contribution is -2.43. The average molecular weight is 406 g/mol. The number of aromatic hydroxyl groups is 1. The molecule has 0 bridgehead atoms. The van der Waals surface area contributed by atoms with Crippen LogP contribution in [0, 0.1) is 0 Å². The molecule has 0 aliphatic heterocycles. The van der Waals surface area contributed by atoms with E-state index in [-0.39, 0.29) is 28.4 Å². The number of phenols is 1. The third kappa shape index (κ3) is 5.84. The number of benzene rings is 1. The highest BCUT2D eigenvalue weighted by atomic mass is 28.4. The highest BCUT2D eigenvalue weighted by molar-refractivity contribution is 6.74. The third-order valence-corrected chi connectivity index (χ3v) is 9.43. The van der Waals surface area contributed by atoms with E-state index >= 15 is 0 Å². The van der Waals surface area contributed by atoms with E-state index in [1.165, 1.54) is 12.1 Å². The quantitative estimate of drug-likeness (QED) is 0.675. The Kier molecular flexibility index (Phi) is 6.56. The van der Waals surface area contributed by atoms with Crippen LogP contribution in [0.25, 0.3) is 0 Å². The molecule has 0 saturated heterocycles. The van der Waals surface area contributed by atoms with Crippen molar-refractivity contribution in [2.45, 2.75) is 51.9 Å². The van der Waals surface area contributed by atoms with E-state index in [2.05, 4.69) is 44.3 Å². The lowest BCUT2D eigenvalue weighted by Gasteiger charge is -2.36. The number of phenolic OH excluding ortho intramolecular Hbond substituents is 1. The molecule has 2 aromatic rings. The molecule has 2 rings (SSSR count). The number of hydrogen-bond acceptors (Lipinski definition) is 5. The van der Waals surface area contributed by atoms with Crippen LogP contribution >= 0.6 is 0 Å². The molecule has 7 nitrogen and oxygen atoms in total. The molecule has 28 heavy (non-hydrogen) atoms. The van der Waals surface area contributed by atoms with Crippen LogP contribution in [-0.4, -0.2) is 41.8 Å². The van der Waals surface area contributed by atoms with Gasteiger partial charge in [-0.05, 0) is 37.2 Å². The molecule has 154 valence electrons. The number of anilines is 1. The fourth-order valence-corrected chi connectivity index (χ4v) is 3.35. The Bertz CT molecular complexity index is 827. The summed E-state index contributed by atoms with van der Waals surface area (Å²) in [6.07, 6.45) is 1.51. The Hall–Kier alpha value is -2.32. The number of carbonyl (C=O) groups excluding carboxylic acids is 1. The van der Waals surface area contributed by atoms with Crippen molar-refractivity contribution < 1.29 is 19.1 Å². The Labute approximate surface area is 167 Å². The van der Waals surface area contributed by atoms with E-state index in [0.717, 1.165) is 0 Å². The monoisotopic (exact) mass is 405 g/mol. The Morgan fingerprint density at radius 1 is 1.32 bits per heavy atom. The van der Waals surface area contributed by atoms with Crippen LogP contribution in [0.15, 0.2) is 30.5 Å². The number of nitrogens with zero attached hydrogens (tertiary/aromatic N) is 2. The van der Waals surface area contributed by atoms with Crippen LogP contribution in [0.5, 0.6) is 11.5 Å². The zero-order valence-electron chi connectivity index (χ0n) is 17.7. The molecule has 0 aliphatic rings. The first kappa shape index (κ1) is 22.0. The van der Waals surface area contributed by atoms with Gasteiger partial charge in [0.15, 0.2) is 14.1 Å². The standard InChI is InChI=1S/C20H31N3O4Si/c1-14(13-26-28(6,7)20(2,3)4)27-17-11-15(10-16(24)12-17)19(25)21-18-8-9-23(5)22-18/h8-12,14,24H,13H2,1-7H3,(H,21,22,25). The second-order valence-corrected chi connectivity index (χ2v) is 13.4. The van der Waals surface area contributed by atoms with Crippen LogP contribution in [0.3, 0.4) is 0 Å². The average Bonchev–Trinajstić information content (AvgIpc) is 2.96. The van der Waals surface area contributed by atoms with Gasteiger partial charge in [-0.1, -0.05) is 20.8 Å². The highest BCUT2D eigenvalue weighted by Gasteiger charge is 2.37. The molecule has 0 aliphatic carbocycles. The number of rotatable bonds is 7. The second kappa shape index (κ2) is 8.36. The first-order valence-corrected chi connectivity index (χ1v) is 12.2. The van der Waals surface area contributed by atoms with E-state index in [0.29, 0.717) is 18.2 Å². The molecule has 1 aromatic carbocycles. The molecular weight excluding hydrogens is 374 g/mol.